The lowest BCUT2D eigenvalue weighted by Gasteiger charge is -2.15. The van der Waals surface area contributed by atoms with Crippen LogP contribution >= 0.6 is 11.6 Å². The molecular formula is C15H13ClF2O. The second-order valence-corrected chi connectivity index (χ2v) is 4.86. The van der Waals surface area contributed by atoms with Gasteiger partial charge in [-0.3, -0.25) is 0 Å². The first-order valence-corrected chi connectivity index (χ1v) is 6.23. The van der Waals surface area contributed by atoms with Gasteiger partial charge in [0.05, 0.1) is 6.10 Å². The maximum absolute atomic E-state index is 13.2. The van der Waals surface area contributed by atoms with Gasteiger partial charge in [-0.25, -0.2) is 8.78 Å². The molecule has 0 heterocycles. The first-order valence-electron chi connectivity index (χ1n) is 5.85. The lowest BCUT2D eigenvalue weighted by atomic mass is 9.97. The van der Waals surface area contributed by atoms with Gasteiger partial charge in [0.15, 0.2) is 0 Å². The van der Waals surface area contributed by atoms with Crippen molar-refractivity contribution in [3.63, 3.8) is 0 Å². The zero-order valence-corrected chi connectivity index (χ0v) is 11.1. The van der Waals surface area contributed by atoms with Gasteiger partial charge >= 0.3 is 0 Å². The number of halogens is 3. The highest BCUT2D eigenvalue weighted by Crippen LogP contribution is 2.26. The third kappa shape index (κ3) is 3.31. The highest BCUT2D eigenvalue weighted by Gasteiger charge is 2.14. The van der Waals surface area contributed by atoms with Crippen molar-refractivity contribution >= 4 is 11.6 Å². The molecule has 0 bridgehead atoms. The standard InChI is InChI=1S/C15H13ClF2O/c1-9-2-4-11(17)7-13(9)15(19)6-10-3-5-12(18)8-14(10)16/h2-5,7-8,15,19H,6H2,1H3. The minimum Gasteiger partial charge on any atom is -0.388 e. The fraction of sp³-hybridized carbons (Fsp3) is 0.200. The molecule has 1 atom stereocenters. The second kappa shape index (κ2) is 5.68. The quantitative estimate of drug-likeness (QED) is 0.894. The fourth-order valence-electron chi connectivity index (χ4n) is 1.98. The number of hydrogen-bond donors (Lipinski definition) is 1. The van der Waals surface area contributed by atoms with E-state index in [1.807, 2.05) is 0 Å². The normalized spacial score (nSPS) is 12.5. The Labute approximate surface area is 115 Å². The molecule has 1 unspecified atom stereocenters. The number of rotatable bonds is 3. The maximum Gasteiger partial charge on any atom is 0.124 e. The van der Waals surface area contributed by atoms with Crippen molar-refractivity contribution in [3.05, 3.63) is 69.7 Å². The number of aliphatic hydroxyl groups excluding tert-OH is 1. The van der Waals surface area contributed by atoms with E-state index in [0.717, 1.165) is 5.56 Å². The van der Waals surface area contributed by atoms with Crippen LogP contribution in [0.25, 0.3) is 0 Å². The maximum atomic E-state index is 13.2. The summed E-state index contributed by atoms with van der Waals surface area (Å²) in [5.74, 6) is -0.824. The molecule has 2 aromatic rings. The van der Waals surface area contributed by atoms with Crippen LogP contribution in [0.1, 0.15) is 22.8 Å². The van der Waals surface area contributed by atoms with Crippen LogP contribution in [0.2, 0.25) is 5.02 Å². The van der Waals surface area contributed by atoms with Crippen LogP contribution in [0.3, 0.4) is 0 Å². The first kappa shape index (κ1) is 14.0. The van der Waals surface area contributed by atoms with E-state index in [1.165, 1.54) is 30.3 Å². The summed E-state index contributed by atoms with van der Waals surface area (Å²) in [7, 11) is 0. The van der Waals surface area contributed by atoms with Crippen LogP contribution in [0.5, 0.6) is 0 Å². The van der Waals surface area contributed by atoms with Crippen LogP contribution in [0.15, 0.2) is 36.4 Å². The van der Waals surface area contributed by atoms with Gasteiger partial charge in [0.2, 0.25) is 0 Å². The summed E-state index contributed by atoms with van der Waals surface area (Å²) < 4.78 is 26.1. The van der Waals surface area contributed by atoms with Crippen LogP contribution in [-0.2, 0) is 6.42 Å². The zero-order valence-electron chi connectivity index (χ0n) is 10.3. The molecule has 0 fully saturated rings. The summed E-state index contributed by atoms with van der Waals surface area (Å²) >= 11 is 5.91. The number of aryl methyl sites for hydroxylation is 1. The van der Waals surface area contributed by atoms with Crippen LogP contribution in [0.4, 0.5) is 8.78 Å². The Morgan fingerprint density at radius 3 is 2.42 bits per heavy atom. The van der Waals surface area contributed by atoms with Gasteiger partial charge in [-0.05, 0) is 47.9 Å². The Kier molecular flexibility index (Phi) is 4.17. The smallest absolute Gasteiger partial charge is 0.124 e. The molecule has 0 spiro atoms. The monoisotopic (exact) mass is 282 g/mol. The van der Waals surface area contributed by atoms with Crippen molar-refractivity contribution in [2.75, 3.05) is 0 Å². The predicted octanol–water partition coefficient (Wildman–Crippen LogP) is 4.20. The van der Waals surface area contributed by atoms with E-state index < -0.39 is 17.7 Å². The van der Waals surface area contributed by atoms with E-state index in [9.17, 15) is 13.9 Å². The topological polar surface area (TPSA) is 20.2 Å². The zero-order chi connectivity index (χ0) is 14.0. The van der Waals surface area contributed by atoms with Crippen molar-refractivity contribution in [3.8, 4) is 0 Å². The molecule has 0 radical (unpaired) electrons. The van der Waals surface area contributed by atoms with Gasteiger partial charge < -0.3 is 5.11 Å². The summed E-state index contributed by atoms with van der Waals surface area (Å²) in [5, 5.41) is 10.4. The molecule has 2 aromatic carbocycles. The molecule has 0 saturated carbocycles. The van der Waals surface area contributed by atoms with Gasteiger partial charge in [0.1, 0.15) is 11.6 Å². The number of hydrogen-bond acceptors (Lipinski definition) is 1. The fourth-order valence-corrected chi connectivity index (χ4v) is 2.22. The third-order valence-electron chi connectivity index (χ3n) is 3.03. The molecule has 4 heteroatoms. The van der Waals surface area contributed by atoms with E-state index in [1.54, 1.807) is 13.0 Å². The summed E-state index contributed by atoms with van der Waals surface area (Å²) in [5.41, 5.74) is 1.94. The molecule has 0 aromatic heterocycles. The van der Waals surface area contributed by atoms with Gasteiger partial charge in [0.25, 0.3) is 0 Å². The summed E-state index contributed by atoms with van der Waals surface area (Å²) in [4.78, 5) is 0. The Morgan fingerprint density at radius 2 is 1.74 bits per heavy atom. The molecule has 0 amide bonds. The second-order valence-electron chi connectivity index (χ2n) is 4.46. The van der Waals surface area contributed by atoms with E-state index >= 15 is 0 Å². The van der Waals surface area contributed by atoms with Gasteiger partial charge in [0, 0.05) is 11.4 Å². The van der Waals surface area contributed by atoms with E-state index in [0.29, 0.717) is 11.1 Å². The average molecular weight is 283 g/mol. The van der Waals surface area contributed by atoms with Crippen LogP contribution < -0.4 is 0 Å². The SMILES string of the molecule is Cc1ccc(F)cc1C(O)Cc1ccc(F)cc1Cl. The van der Waals surface area contributed by atoms with Crippen molar-refractivity contribution in [1.29, 1.82) is 0 Å². The van der Waals surface area contributed by atoms with Crippen molar-refractivity contribution in [1.82, 2.24) is 0 Å². The van der Waals surface area contributed by atoms with E-state index in [2.05, 4.69) is 0 Å². The predicted molar refractivity (Wildman–Crippen MR) is 71.2 cm³/mol. The highest BCUT2D eigenvalue weighted by atomic mass is 35.5. The van der Waals surface area contributed by atoms with Gasteiger partial charge in [-0.2, -0.15) is 0 Å². The lowest BCUT2D eigenvalue weighted by Crippen LogP contribution is -2.05. The molecule has 2 rings (SSSR count). The minimum atomic E-state index is -0.876. The summed E-state index contributed by atoms with van der Waals surface area (Å²) in [6.45, 7) is 1.80. The van der Waals surface area contributed by atoms with E-state index in [4.69, 9.17) is 11.6 Å². The van der Waals surface area contributed by atoms with Crippen molar-refractivity contribution < 1.29 is 13.9 Å². The Balaban J connectivity index is 2.25. The third-order valence-corrected chi connectivity index (χ3v) is 3.38. The van der Waals surface area contributed by atoms with Crippen molar-refractivity contribution in [2.45, 2.75) is 19.4 Å². The van der Waals surface area contributed by atoms with Gasteiger partial charge in [-0.1, -0.05) is 23.7 Å². The molecular weight excluding hydrogens is 270 g/mol. The Bertz CT molecular complexity index is 599. The summed E-state index contributed by atoms with van der Waals surface area (Å²) in [6, 6.07) is 8.26. The molecule has 1 nitrogen and oxygen atoms in total. The number of benzene rings is 2. The molecule has 0 aliphatic rings. The first-order chi connectivity index (χ1) is 8.97. The van der Waals surface area contributed by atoms with Gasteiger partial charge in [-0.15, -0.1) is 0 Å². The Morgan fingerprint density at radius 1 is 1.11 bits per heavy atom. The lowest BCUT2D eigenvalue weighted by molar-refractivity contribution is 0.177. The Hall–Kier alpha value is -1.45. The van der Waals surface area contributed by atoms with Crippen LogP contribution in [-0.4, -0.2) is 5.11 Å². The highest BCUT2D eigenvalue weighted by molar-refractivity contribution is 6.31. The van der Waals surface area contributed by atoms with Crippen LogP contribution in [0, 0.1) is 18.6 Å². The molecule has 0 aliphatic heterocycles. The van der Waals surface area contributed by atoms with E-state index in [-0.39, 0.29) is 11.4 Å². The molecule has 0 saturated heterocycles. The summed E-state index contributed by atoms with van der Waals surface area (Å²) in [6.07, 6.45) is -0.665. The molecule has 100 valence electrons. The number of aliphatic hydroxyl groups is 1. The largest absolute Gasteiger partial charge is 0.388 e. The molecule has 0 aliphatic carbocycles. The van der Waals surface area contributed by atoms with Crippen molar-refractivity contribution in [2.24, 2.45) is 0 Å². The minimum absolute atomic E-state index is 0.212. The average Bonchev–Trinajstić information content (AvgIpc) is 2.35. The molecule has 19 heavy (non-hydrogen) atoms. The molecule has 1 N–H and O–H groups in total.